The molecular weight excluding hydrogens is 328 g/mol. The summed E-state index contributed by atoms with van der Waals surface area (Å²) in [4.78, 5) is 27.9. The van der Waals surface area contributed by atoms with Crippen molar-refractivity contribution >= 4 is 11.7 Å². The molecule has 1 fully saturated rings. The number of likely N-dealkylation sites (tertiary alicyclic amines) is 1. The Morgan fingerprint density at radius 3 is 2.46 bits per heavy atom. The molecule has 5 heteroatoms. The van der Waals surface area contributed by atoms with Crippen LogP contribution < -0.4 is 4.74 Å². The molecule has 1 aliphatic rings. The lowest BCUT2D eigenvalue weighted by atomic mass is 9.95. The summed E-state index contributed by atoms with van der Waals surface area (Å²) >= 11 is 0. The van der Waals surface area contributed by atoms with Crippen LogP contribution in [0.4, 0.5) is 0 Å². The molecule has 144 valence electrons. The second-order valence-electron chi connectivity index (χ2n) is 7.69. The maximum atomic E-state index is 12.2. The van der Waals surface area contributed by atoms with Gasteiger partial charge in [-0.15, -0.1) is 0 Å². The third kappa shape index (κ3) is 5.84. The first-order valence-corrected chi connectivity index (χ1v) is 9.54. The molecule has 1 heterocycles. The van der Waals surface area contributed by atoms with Crippen LogP contribution in [0.3, 0.4) is 0 Å². The topological polar surface area (TPSA) is 49.9 Å². The van der Waals surface area contributed by atoms with Crippen LogP contribution in [0.15, 0.2) is 24.3 Å². The first-order valence-electron chi connectivity index (χ1n) is 9.54. The fourth-order valence-corrected chi connectivity index (χ4v) is 3.62. The summed E-state index contributed by atoms with van der Waals surface area (Å²) < 4.78 is 5.44. The number of benzene rings is 1. The van der Waals surface area contributed by atoms with Gasteiger partial charge in [0, 0.05) is 32.1 Å². The molecule has 2 rings (SSSR count). The highest BCUT2D eigenvalue weighted by Gasteiger charge is 2.26. The van der Waals surface area contributed by atoms with E-state index in [1.165, 1.54) is 12.5 Å². The highest BCUT2D eigenvalue weighted by Crippen LogP contribution is 2.24. The third-order valence-electron chi connectivity index (χ3n) is 4.95. The molecule has 1 aliphatic heterocycles. The normalized spacial score (nSPS) is 15.9. The minimum atomic E-state index is -0.362. The Balaban J connectivity index is 1.88. The first-order chi connectivity index (χ1) is 12.4. The number of piperidine rings is 1. The average Bonchev–Trinajstić information content (AvgIpc) is 2.62. The van der Waals surface area contributed by atoms with Crippen molar-refractivity contribution < 1.29 is 14.3 Å². The van der Waals surface area contributed by atoms with E-state index >= 15 is 0 Å². The van der Waals surface area contributed by atoms with Crippen LogP contribution >= 0.6 is 0 Å². The molecule has 0 saturated carbocycles. The van der Waals surface area contributed by atoms with Crippen LogP contribution in [-0.4, -0.2) is 54.8 Å². The Hall–Kier alpha value is -1.88. The summed E-state index contributed by atoms with van der Waals surface area (Å²) in [5, 5.41) is 0. The van der Waals surface area contributed by atoms with Gasteiger partial charge in [0.05, 0.1) is 7.11 Å². The Bertz CT molecular complexity index is 607. The second-order valence-corrected chi connectivity index (χ2v) is 7.69. The van der Waals surface area contributed by atoms with Crippen LogP contribution in [0.2, 0.25) is 0 Å². The van der Waals surface area contributed by atoms with Crippen molar-refractivity contribution in [2.45, 2.75) is 40.2 Å². The number of carbonyl (C=O) groups excluding carboxylic acids is 2. The van der Waals surface area contributed by atoms with Crippen LogP contribution in [0, 0.1) is 11.8 Å². The van der Waals surface area contributed by atoms with Gasteiger partial charge < -0.3 is 9.64 Å². The van der Waals surface area contributed by atoms with E-state index in [2.05, 4.69) is 24.8 Å². The monoisotopic (exact) mass is 360 g/mol. The molecule has 0 N–H and O–H groups in total. The van der Waals surface area contributed by atoms with Crippen molar-refractivity contribution in [3.63, 3.8) is 0 Å². The first kappa shape index (κ1) is 20.4. The van der Waals surface area contributed by atoms with Gasteiger partial charge in [-0.1, -0.05) is 32.0 Å². The molecule has 0 aromatic heterocycles. The van der Waals surface area contributed by atoms with Crippen LogP contribution in [-0.2, 0) is 16.1 Å². The predicted octanol–water partition coefficient (Wildman–Crippen LogP) is 2.98. The Morgan fingerprint density at radius 2 is 1.88 bits per heavy atom. The molecule has 26 heavy (non-hydrogen) atoms. The van der Waals surface area contributed by atoms with Crippen molar-refractivity contribution in [2.24, 2.45) is 11.8 Å². The van der Waals surface area contributed by atoms with E-state index < -0.39 is 0 Å². The average molecular weight is 360 g/mol. The number of hydrogen-bond acceptors (Lipinski definition) is 4. The largest absolute Gasteiger partial charge is 0.496 e. The number of ether oxygens (including phenoxy) is 1. The van der Waals surface area contributed by atoms with Gasteiger partial charge in [-0.2, -0.15) is 0 Å². The number of Topliss-reactive ketones (excluding diaryl/α,β-unsaturated/α-hetero) is 1. The highest BCUT2D eigenvalue weighted by molar-refractivity contribution is 6.35. The van der Waals surface area contributed by atoms with Gasteiger partial charge in [0.15, 0.2) is 0 Å². The Morgan fingerprint density at radius 1 is 1.23 bits per heavy atom. The minimum Gasteiger partial charge on any atom is -0.496 e. The molecule has 1 saturated heterocycles. The number of rotatable bonds is 8. The van der Waals surface area contributed by atoms with Crippen molar-refractivity contribution in [2.75, 3.05) is 33.3 Å². The lowest BCUT2D eigenvalue weighted by Crippen LogP contribution is -2.44. The molecule has 0 spiro atoms. The second kappa shape index (κ2) is 9.72. The summed E-state index contributed by atoms with van der Waals surface area (Å²) in [6.07, 6.45) is 2.10. The van der Waals surface area contributed by atoms with Crippen molar-refractivity contribution in [3.05, 3.63) is 29.8 Å². The van der Waals surface area contributed by atoms with Crippen molar-refractivity contribution in [1.82, 2.24) is 9.80 Å². The van der Waals surface area contributed by atoms with Gasteiger partial charge in [-0.05, 0) is 43.8 Å². The summed E-state index contributed by atoms with van der Waals surface area (Å²) in [7, 11) is 1.71. The van der Waals surface area contributed by atoms with E-state index in [-0.39, 0.29) is 11.7 Å². The van der Waals surface area contributed by atoms with Gasteiger partial charge in [0.1, 0.15) is 5.75 Å². The number of methoxy groups -OCH3 is 1. The summed E-state index contributed by atoms with van der Waals surface area (Å²) in [6, 6.07) is 8.14. The standard InChI is InChI=1S/C21H32N2O3/c1-16(2)13-23(21(25)17(3)24)14-18-9-11-22(12-10-18)15-19-7-5-6-8-20(19)26-4/h5-8,16,18H,9-15H2,1-4H3. The molecule has 0 bridgehead atoms. The highest BCUT2D eigenvalue weighted by atomic mass is 16.5. The number of para-hydroxylation sites is 1. The molecule has 1 aromatic rings. The molecular formula is C21H32N2O3. The lowest BCUT2D eigenvalue weighted by Gasteiger charge is -2.35. The minimum absolute atomic E-state index is 0.338. The molecule has 0 atom stereocenters. The van der Waals surface area contributed by atoms with Gasteiger partial charge in [0.2, 0.25) is 5.78 Å². The summed E-state index contributed by atoms with van der Waals surface area (Å²) in [5.74, 6) is 1.06. The number of nitrogens with zero attached hydrogens (tertiary/aromatic N) is 2. The summed E-state index contributed by atoms with van der Waals surface area (Å²) in [5.41, 5.74) is 1.21. The van der Waals surface area contributed by atoms with Gasteiger partial charge in [0.25, 0.3) is 5.91 Å². The van der Waals surface area contributed by atoms with Crippen molar-refractivity contribution in [1.29, 1.82) is 0 Å². The smallest absolute Gasteiger partial charge is 0.289 e. The maximum Gasteiger partial charge on any atom is 0.289 e. The fraction of sp³-hybridized carbons (Fsp3) is 0.619. The maximum absolute atomic E-state index is 12.2. The third-order valence-corrected chi connectivity index (χ3v) is 4.95. The molecule has 1 amide bonds. The van der Waals surface area contributed by atoms with Gasteiger partial charge in [-0.3, -0.25) is 14.5 Å². The number of hydrogen-bond donors (Lipinski definition) is 0. The van der Waals surface area contributed by atoms with Gasteiger partial charge >= 0.3 is 0 Å². The Labute approximate surface area is 157 Å². The van der Waals surface area contributed by atoms with E-state index in [9.17, 15) is 9.59 Å². The zero-order valence-corrected chi connectivity index (χ0v) is 16.5. The predicted molar refractivity (Wildman–Crippen MR) is 103 cm³/mol. The van der Waals surface area contributed by atoms with E-state index in [0.717, 1.165) is 38.2 Å². The zero-order chi connectivity index (χ0) is 19.1. The fourth-order valence-electron chi connectivity index (χ4n) is 3.62. The quantitative estimate of drug-likeness (QED) is 0.669. The Kier molecular flexibility index (Phi) is 7.64. The SMILES string of the molecule is COc1ccccc1CN1CCC(CN(CC(C)C)C(=O)C(C)=O)CC1. The van der Waals surface area contributed by atoms with E-state index in [1.54, 1.807) is 12.0 Å². The number of carbonyl (C=O) groups is 2. The zero-order valence-electron chi connectivity index (χ0n) is 16.5. The van der Waals surface area contributed by atoms with E-state index in [0.29, 0.717) is 24.9 Å². The van der Waals surface area contributed by atoms with E-state index in [1.807, 2.05) is 18.2 Å². The molecule has 0 radical (unpaired) electrons. The molecule has 1 aromatic carbocycles. The van der Waals surface area contributed by atoms with Crippen LogP contribution in [0.25, 0.3) is 0 Å². The van der Waals surface area contributed by atoms with Crippen molar-refractivity contribution in [3.8, 4) is 5.75 Å². The van der Waals surface area contributed by atoms with Crippen LogP contribution in [0.1, 0.15) is 39.2 Å². The van der Waals surface area contributed by atoms with Gasteiger partial charge in [-0.25, -0.2) is 0 Å². The number of amides is 1. The van der Waals surface area contributed by atoms with Crippen LogP contribution in [0.5, 0.6) is 5.75 Å². The molecule has 5 nitrogen and oxygen atoms in total. The van der Waals surface area contributed by atoms with E-state index in [4.69, 9.17) is 4.74 Å². The number of ketones is 1. The molecule has 0 aliphatic carbocycles. The molecule has 0 unspecified atom stereocenters. The lowest BCUT2D eigenvalue weighted by molar-refractivity contribution is -0.144. The summed E-state index contributed by atoms with van der Waals surface area (Å²) in [6.45, 7) is 9.77.